The topological polar surface area (TPSA) is 68.0 Å². The van der Waals surface area contributed by atoms with Crippen molar-refractivity contribution < 1.29 is 4.79 Å². The first-order chi connectivity index (χ1) is 9.63. The number of anilines is 2. The summed E-state index contributed by atoms with van der Waals surface area (Å²) < 4.78 is 0.933. The number of fused-ring (bicyclic) bond motifs is 1. The first kappa shape index (κ1) is 12.9. The molecule has 0 saturated carbocycles. The standard InChI is InChI=1S/C14H10ClN3OS/c15-10-5-2-6-11-12(10)20-14(18-11)17-9-4-1-3-8(7-9)13(16)19/h1-7H,(H2,16,19)(H,17,18). The van der Waals surface area contributed by atoms with Crippen LogP contribution in [0.1, 0.15) is 10.4 Å². The zero-order valence-electron chi connectivity index (χ0n) is 10.3. The molecule has 0 aliphatic heterocycles. The number of nitrogens with one attached hydrogen (secondary N) is 1. The summed E-state index contributed by atoms with van der Waals surface area (Å²) in [6.07, 6.45) is 0. The van der Waals surface area contributed by atoms with Crippen molar-refractivity contribution in [1.29, 1.82) is 0 Å². The Morgan fingerprint density at radius 2 is 2.05 bits per heavy atom. The van der Waals surface area contributed by atoms with Crippen molar-refractivity contribution in [3.05, 3.63) is 53.1 Å². The Morgan fingerprint density at radius 3 is 2.80 bits per heavy atom. The van der Waals surface area contributed by atoms with Crippen LogP contribution in [-0.2, 0) is 0 Å². The van der Waals surface area contributed by atoms with Crippen LogP contribution in [0.3, 0.4) is 0 Å². The van der Waals surface area contributed by atoms with E-state index in [1.54, 1.807) is 18.2 Å². The molecule has 20 heavy (non-hydrogen) atoms. The van der Waals surface area contributed by atoms with Gasteiger partial charge in [-0.3, -0.25) is 4.79 Å². The second kappa shape index (κ2) is 5.11. The predicted octanol–water partition coefficient (Wildman–Crippen LogP) is 3.79. The Hall–Kier alpha value is -2.11. The summed E-state index contributed by atoms with van der Waals surface area (Å²) >= 11 is 7.58. The van der Waals surface area contributed by atoms with Crippen LogP contribution in [0.25, 0.3) is 10.2 Å². The number of hydrogen-bond donors (Lipinski definition) is 2. The molecule has 100 valence electrons. The van der Waals surface area contributed by atoms with E-state index in [0.717, 1.165) is 21.0 Å². The molecule has 0 aliphatic rings. The Morgan fingerprint density at radius 1 is 1.25 bits per heavy atom. The molecule has 1 amide bonds. The third-order valence-corrected chi connectivity index (χ3v) is 4.21. The number of halogens is 1. The molecule has 0 bridgehead atoms. The van der Waals surface area contributed by atoms with Crippen LogP contribution in [0, 0.1) is 0 Å². The number of thiazole rings is 1. The average molecular weight is 304 g/mol. The van der Waals surface area contributed by atoms with Crippen molar-refractivity contribution in [2.45, 2.75) is 0 Å². The van der Waals surface area contributed by atoms with Gasteiger partial charge in [0.25, 0.3) is 0 Å². The first-order valence-corrected chi connectivity index (χ1v) is 7.05. The molecule has 0 radical (unpaired) electrons. The van der Waals surface area contributed by atoms with Gasteiger partial charge in [0, 0.05) is 11.3 Å². The number of carbonyl (C=O) groups excluding carboxylic acids is 1. The summed E-state index contributed by atoms with van der Waals surface area (Å²) in [7, 11) is 0. The van der Waals surface area contributed by atoms with E-state index in [-0.39, 0.29) is 0 Å². The van der Waals surface area contributed by atoms with Gasteiger partial charge in [0.05, 0.1) is 15.2 Å². The van der Waals surface area contributed by atoms with Gasteiger partial charge in [-0.15, -0.1) is 0 Å². The van der Waals surface area contributed by atoms with Gasteiger partial charge >= 0.3 is 0 Å². The van der Waals surface area contributed by atoms with Crippen LogP contribution in [0.15, 0.2) is 42.5 Å². The highest BCUT2D eigenvalue weighted by Crippen LogP contribution is 2.33. The number of hydrogen-bond acceptors (Lipinski definition) is 4. The Bertz CT molecular complexity index is 800. The minimum Gasteiger partial charge on any atom is -0.366 e. The molecule has 3 N–H and O–H groups in total. The fourth-order valence-electron chi connectivity index (χ4n) is 1.84. The summed E-state index contributed by atoms with van der Waals surface area (Å²) in [5.41, 5.74) is 7.32. The highest BCUT2D eigenvalue weighted by atomic mass is 35.5. The maximum absolute atomic E-state index is 11.2. The number of benzene rings is 2. The highest BCUT2D eigenvalue weighted by molar-refractivity contribution is 7.22. The van der Waals surface area contributed by atoms with Crippen LogP contribution in [0.2, 0.25) is 5.02 Å². The molecule has 4 nitrogen and oxygen atoms in total. The summed E-state index contributed by atoms with van der Waals surface area (Å²) in [5.74, 6) is -0.457. The van der Waals surface area contributed by atoms with Crippen molar-refractivity contribution >= 4 is 49.9 Å². The van der Waals surface area contributed by atoms with E-state index < -0.39 is 5.91 Å². The van der Waals surface area contributed by atoms with Gasteiger partial charge in [-0.2, -0.15) is 0 Å². The van der Waals surface area contributed by atoms with E-state index in [2.05, 4.69) is 10.3 Å². The van der Waals surface area contributed by atoms with E-state index in [0.29, 0.717) is 10.6 Å². The number of carbonyl (C=O) groups is 1. The number of rotatable bonds is 3. The summed E-state index contributed by atoms with van der Waals surface area (Å²) in [6.45, 7) is 0. The van der Waals surface area contributed by atoms with Gasteiger partial charge in [-0.05, 0) is 30.3 Å². The second-order valence-electron chi connectivity index (χ2n) is 4.18. The number of primary amides is 1. The highest BCUT2D eigenvalue weighted by Gasteiger charge is 2.07. The minimum atomic E-state index is -0.457. The van der Waals surface area contributed by atoms with Crippen molar-refractivity contribution in [2.24, 2.45) is 5.73 Å². The number of aromatic nitrogens is 1. The molecule has 1 heterocycles. The molecule has 0 fully saturated rings. The minimum absolute atomic E-state index is 0.453. The number of nitrogens with zero attached hydrogens (tertiary/aromatic N) is 1. The molecule has 0 saturated heterocycles. The first-order valence-electron chi connectivity index (χ1n) is 5.85. The van der Waals surface area contributed by atoms with E-state index in [4.69, 9.17) is 17.3 Å². The van der Waals surface area contributed by atoms with Crippen LogP contribution in [0.5, 0.6) is 0 Å². The van der Waals surface area contributed by atoms with Crippen molar-refractivity contribution in [3.8, 4) is 0 Å². The number of nitrogens with two attached hydrogens (primary N) is 1. The van der Waals surface area contributed by atoms with Crippen molar-refractivity contribution in [1.82, 2.24) is 4.98 Å². The van der Waals surface area contributed by atoms with Crippen LogP contribution in [0.4, 0.5) is 10.8 Å². The van der Waals surface area contributed by atoms with Gasteiger partial charge < -0.3 is 11.1 Å². The molecule has 1 aromatic heterocycles. The molecule has 0 unspecified atom stereocenters. The van der Waals surface area contributed by atoms with Gasteiger partial charge in [0.15, 0.2) is 5.13 Å². The maximum Gasteiger partial charge on any atom is 0.248 e. The van der Waals surface area contributed by atoms with E-state index >= 15 is 0 Å². The summed E-state index contributed by atoms with van der Waals surface area (Å²) in [5, 5.41) is 4.55. The van der Waals surface area contributed by atoms with E-state index in [9.17, 15) is 4.79 Å². The van der Waals surface area contributed by atoms with Crippen LogP contribution >= 0.6 is 22.9 Å². The molecule has 3 rings (SSSR count). The zero-order chi connectivity index (χ0) is 14.1. The second-order valence-corrected chi connectivity index (χ2v) is 5.58. The molecule has 0 spiro atoms. The van der Waals surface area contributed by atoms with Crippen LogP contribution < -0.4 is 11.1 Å². The summed E-state index contributed by atoms with van der Waals surface area (Å²) in [6, 6.07) is 12.6. The largest absolute Gasteiger partial charge is 0.366 e. The lowest BCUT2D eigenvalue weighted by atomic mass is 10.2. The predicted molar refractivity (Wildman–Crippen MR) is 82.9 cm³/mol. The normalized spacial score (nSPS) is 10.7. The van der Waals surface area contributed by atoms with Gasteiger partial charge in [-0.25, -0.2) is 4.98 Å². The van der Waals surface area contributed by atoms with E-state index in [1.165, 1.54) is 11.3 Å². The molecular weight excluding hydrogens is 294 g/mol. The molecule has 6 heteroatoms. The lowest BCUT2D eigenvalue weighted by molar-refractivity contribution is 0.100. The van der Waals surface area contributed by atoms with Gasteiger partial charge in [-0.1, -0.05) is 35.1 Å². The smallest absolute Gasteiger partial charge is 0.248 e. The quantitative estimate of drug-likeness (QED) is 0.773. The Labute approximate surface area is 124 Å². The Kier molecular flexibility index (Phi) is 3.30. The zero-order valence-corrected chi connectivity index (χ0v) is 11.8. The molecule has 2 aromatic carbocycles. The molecular formula is C14H10ClN3OS. The fourth-order valence-corrected chi connectivity index (χ4v) is 3.02. The SMILES string of the molecule is NC(=O)c1cccc(Nc2nc3cccc(Cl)c3s2)c1. The maximum atomic E-state index is 11.2. The monoisotopic (exact) mass is 303 g/mol. The number of amides is 1. The fraction of sp³-hybridized carbons (Fsp3) is 0. The lowest BCUT2D eigenvalue weighted by Gasteiger charge is -2.03. The molecule has 3 aromatic rings. The van der Waals surface area contributed by atoms with Gasteiger partial charge in [0.2, 0.25) is 5.91 Å². The third kappa shape index (κ3) is 2.45. The van der Waals surface area contributed by atoms with Crippen LogP contribution in [-0.4, -0.2) is 10.9 Å². The average Bonchev–Trinajstić information content (AvgIpc) is 2.83. The third-order valence-electron chi connectivity index (χ3n) is 2.77. The molecule has 0 aliphatic carbocycles. The van der Waals surface area contributed by atoms with Crippen molar-refractivity contribution in [3.63, 3.8) is 0 Å². The lowest BCUT2D eigenvalue weighted by Crippen LogP contribution is -2.10. The van der Waals surface area contributed by atoms with Gasteiger partial charge in [0.1, 0.15) is 0 Å². The summed E-state index contributed by atoms with van der Waals surface area (Å²) in [4.78, 5) is 15.6. The molecule has 0 atom stereocenters. The van der Waals surface area contributed by atoms with E-state index in [1.807, 2.05) is 24.3 Å². The Balaban J connectivity index is 1.95. The van der Waals surface area contributed by atoms with Crippen molar-refractivity contribution in [2.75, 3.05) is 5.32 Å².